The summed E-state index contributed by atoms with van der Waals surface area (Å²) in [6.45, 7) is 4.59. The number of aliphatic hydroxyl groups excluding tert-OH is 1. The summed E-state index contributed by atoms with van der Waals surface area (Å²) < 4.78 is 13.1. The maximum Gasteiger partial charge on any atom is 0.204 e. The molecule has 0 aliphatic carbocycles. The molecular formula is C12H16FN3O. The standard InChI is InChI=1S/C12H16FN3O/c1-8(2)16(5-6-17)12-14-10-4-3-9(13)7-11(10)15-12/h3-4,7-8,17H,5-6H2,1-2H3,(H,14,15). The molecule has 0 amide bonds. The van der Waals surface area contributed by atoms with Crippen LogP contribution in [0.25, 0.3) is 11.0 Å². The van der Waals surface area contributed by atoms with Gasteiger partial charge in [-0.2, -0.15) is 0 Å². The lowest BCUT2D eigenvalue weighted by Crippen LogP contribution is -2.34. The summed E-state index contributed by atoms with van der Waals surface area (Å²) in [6.07, 6.45) is 0. The molecule has 0 bridgehead atoms. The topological polar surface area (TPSA) is 52.1 Å². The number of fused-ring (bicyclic) bond motifs is 1. The van der Waals surface area contributed by atoms with Crippen molar-refractivity contribution in [3.63, 3.8) is 0 Å². The number of halogens is 1. The van der Waals surface area contributed by atoms with Crippen molar-refractivity contribution in [3.05, 3.63) is 24.0 Å². The van der Waals surface area contributed by atoms with Crippen molar-refractivity contribution in [2.75, 3.05) is 18.1 Å². The molecule has 92 valence electrons. The number of aromatic amines is 1. The molecule has 4 nitrogen and oxygen atoms in total. The van der Waals surface area contributed by atoms with Crippen LogP contribution in [0.1, 0.15) is 13.8 Å². The second kappa shape index (κ2) is 4.71. The summed E-state index contributed by atoms with van der Waals surface area (Å²) in [5.41, 5.74) is 1.40. The number of hydrogen-bond donors (Lipinski definition) is 2. The van der Waals surface area contributed by atoms with Gasteiger partial charge in [-0.3, -0.25) is 0 Å². The fourth-order valence-corrected chi connectivity index (χ4v) is 1.82. The molecule has 0 aliphatic rings. The predicted octanol–water partition coefficient (Wildman–Crippen LogP) is 1.91. The third-order valence-electron chi connectivity index (χ3n) is 2.67. The molecule has 5 heteroatoms. The number of nitrogens with zero attached hydrogens (tertiary/aromatic N) is 2. The Kier molecular flexibility index (Phi) is 3.28. The maximum absolute atomic E-state index is 13.1. The smallest absolute Gasteiger partial charge is 0.204 e. The zero-order valence-electron chi connectivity index (χ0n) is 9.94. The van der Waals surface area contributed by atoms with Gasteiger partial charge in [-0.15, -0.1) is 0 Å². The van der Waals surface area contributed by atoms with E-state index < -0.39 is 0 Å². The van der Waals surface area contributed by atoms with Gasteiger partial charge >= 0.3 is 0 Å². The highest BCUT2D eigenvalue weighted by atomic mass is 19.1. The normalized spacial score (nSPS) is 11.4. The predicted molar refractivity (Wildman–Crippen MR) is 65.6 cm³/mol. The van der Waals surface area contributed by atoms with Gasteiger partial charge in [0.1, 0.15) is 5.82 Å². The minimum absolute atomic E-state index is 0.0591. The van der Waals surface area contributed by atoms with Gasteiger partial charge in [0.05, 0.1) is 17.6 Å². The van der Waals surface area contributed by atoms with E-state index in [1.807, 2.05) is 18.7 Å². The van der Waals surface area contributed by atoms with Crippen LogP contribution in [-0.2, 0) is 0 Å². The summed E-state index contributed by atoms with van der Waals surface area (Å²) >= 11 is 0. The highest BCUT2D eigenvalue weighted by Gasteiger charge is 2.14. The number of hydrogen-bond acceptors (Lipinski definition) is 3. The number of anilines is 1. The lowest BCUT2D eigenvalue weighted by Gasteiger charge is -2.24. The van der Waals surface area contributed by atoms with Crippen molar-refractivity contribution in [1.82, 2.24) is 9.97 Å². The van der Waals surface area contributed by atoms with E-state index in [4.69, 9.17) is 5.11 Å². The summed E-state index contributed by atoms with van der Waals surface area (Å²) in [4.78, 5) is 9.40. The van der Waals surface area contributed by atoms with E-state index >= 15 is 0 Å². The zero-order valence-corrected chi connectivity index (χ0v) is 9.94. The molecule has 2 rings (SSSR count). The first-order valence-electron chi connectivity index (χ1n) is 5.64. The Balaban J connectivity index is 2.40. The fourth-order valence-electron chi connectivity index (χ4n) is 1.82. The number of rotatable bonds is 4. The van der Waals surface area contributed by atoms with E-state index in [0.29, 0.717) is 18.0 Å². The molecule has 0 aliphatic heterocycles. The Morgan fingerprint density at radius 2 is 2.24 bits per heavy atom. The first kappa shape index (κ1) is 11.9. The molecule has 2 aromatic rings. The zero-order chi connectivity index (χ0) is 12.4. The van der Waals surface area contributed by atoms with Crippen LogP contribution in [0.3, 0.4) is 0 Å². The van der Waals surface area contributed by atoms with Gasteiger partial charge in [-0.25, -0.2) is 9.37 Å². The number of aliphatic hydroxyl groups is 1. The van der Waals surface area contributed by atoms with E-state index in [-0.39, 0.29) is 18.5 Å². The van der Waals surface area contributed by atoms with Crippen LogP contribution >= 0.6 is 0 Å². The first-order valence-corrected chi connectivity index (χ1v) is 5.64. The average Bonchev–Trinajstić information content (AvgIpc) is 2.67. The van der Waals surface area contributed by atoms with Crippen molar-refractivity contribution >= 4 is 17.0 Å². The average molecular weight is 237 g/mol. The summed E-state index contributed by atoms with van der Waals surface area (Å²) in [6, 6.07) is 4.66. The van der Waals surface area contributed by atoms with Crippen LogP contribution in [-0.4, -0.2) is 34.3 Å². The second-order valence-electron chi connectivity index (χ2n) is 4.23. The molecule has 17 heavy (non-hydrogen) atoms. The van der Waals surface area contributed by atoms with Crippen molar-refractivity contribution in [3.8, 4) is 0 Å². The number of benzene rings is 1. The highest BCUT2D eigenvalue weighted by Crippen LogP contribution is 2.19. The van der Waals surface area contributed by atoms with Crippen LogP contribution < -0.4 is 4.90 Å². The fraction of sp³-hybridized carbons (Fsp3) is 0.417. The molecule has 0 fully saturated rings. The Morgan fingerprint density at radius 3 is 2.88 bits per heavy atom. The number of nitrogens with one attached hydrogen (secondary N) is 1. The van der Waals surface area contributed by atoms with Gasteiger partial charge in [-0.05, 0) is 32.0 Å². The number of H-pyrrole nitrogens is 1. The molecule has 1 aromatic carbocycles. The monoisotopic (exact) mass is 237 g/mol. The van der Waals surface area contributed by atoms with Crippen LogP contribution in [0.4, 0.5) is 10.3 Å². The quantitative estimate of drug-likeness (QED) is 0.854. The molecule has 2 N–H and O–H groups in total. The van der Waals surface area contributed by atoms with Gasteiger partial charge in [0.15, 0.2) is 0 Å². The highest BCUT2D eigenvalue weighted by molar-refractivity contribution is 5.77. The lowest BCUT2D eigenvalue weighted by atomic mass is 10.3. The molecule has 1 heterocycles. The SMILES string of the molecule is CC(C)N(CCO)c1nc2ccc(F)cc2[nH]1. The van der Waals surface area contributed by atoms with E-state index in [9.17, 15) is 4.39 Å². The van der Waals surface area contributed by atoms with Gasteiger partial charge in [0.25, 0.3) is 0 Å². The van der Waals surface area contributed by atoms with Gasteiger partial charge in [0, 0.05) is 12.6 Å². The third kappa shape index (κ3) is 2.39. The number of aromatic nitrogens is 2. The molecule has 0 atom stereocenters. The van der Waals surface area contributed by atoms with E-state index in [1.165, 1.54) is 12.1 Å². The minimum atomic E-state index is -0.286. The van der Waals surface area contributed by atoms with Crippen molar-refractivity contribution in [1.29, 1.82) is 0 Å². The molecule has 1 aromatic heterocycles. The van der Waals surface area contributed by atoms with Gasteiger partial charge < -0.3 is 15.0 Å². The summed E-state index contributed by atoms with van der Waals surface area (Å²) in [5.74, 6) is 0.376. The maximum atomic E-state index is 13.1. The van der Waals surface area contributed by atoms with Crippen molar-refractivity contribution < 1.29 is 9.50 Å². The Bertz CT molecular complexity index is 509. The minimum Gasteiger partial charge on any atom is -0.395 e. The molecular weight excluding hydrogens is 221 g/mol. The van der Waals surface area contributed by atoms with E-state index in [0.717, 1.165) is 5.52 Å². The number of imidazole rings is 1. The van der Waals surface area contributed by atoms with Crippen molar-refractivity contribution in [2.24, 2.45) is 0 Å². The Hall–Kier alpha value is -1.62. The summed E-state index contributed by atoms with van der Waals surface area (Å²) in [7, 11) is 0. The van der Waals surface area contributed by atoms with Gasteiger partial charge in [0.2, 0.25) is 5.95 Å². The van der Waals surface area contributed by atoms with Crippen LogP contribution in [0.5, 0.6) is 0 Å². The van der Waals surface area contributed by atoms with E-state index in [2.05, 4.69) is 9.97 Å². The molecule has 0 saturated heterocycles. The Labute approximate surface area is 99.1 Å². The van der Waals surface area contributed by atoms with Gasteiger partial charge in [-0.1, -0.05) is 0 Å². The van der Waals surface area contributed by atoms with Crippen LogP contribution in [0, 0.1) is 5.82 Å². The Morgan fingerprint density at radius 1 is 1.47 bits per heavy atom. The molecule has 0 spiro atoms. The molecule has 0 saturated carbocycles. The summed E-state index contributed by atoms with van der Waals surface area (Å²) in [5, 5.41) is 9.02. The van der Waals surface area contributed by atoms with E-state index in [1.54, 1.807) is 6.07 Å². The third-order valence-corrected chi connectivity index (χ3v) is 2.67. The second-order valence-corrected chi connectivity index (χ2v) is 4.23. The first-order chi connectivity index (χ1) is 8.11. The lowest BCUT2D eigenvalue weighted by molar-refractivity contribution is 0.298. The largest absolute Gasteiger partial charge is 0.395 e. The molecule has 0 radical (unpaired) electrons. The van der Waals surface area contributed by atoms with Crippen molar-refractivity contribution in [2.45, 2.75) is 19.9 Å². The molecule has 0 unspecified atom stereocenters. The van der Waals surface area contributed by atoms with Crippen LogP contribution in [0.15, 0.2) is 18.2 Å². The van der Waals surface area contributed by atoms with Crippen LogP contribution in [0.2, 0.25) is 0 Å².